The van der Waals surface area contributed by atoms with E-state index in [1.54, 1.807) is 11.8 Å². The third kappa shape index (κ3) is 19.8. The standard InChI is InChI=1S/C29H55N3O6S/c1-26(2,3)13-11-22(33)30-17-14-29(9,10)38-18-15-28(7,8)25(37)32-21(19-39-20-27(4,5)6)24(36)31-16-12-23(34)35/h21H,11-20H2,1-10H3,(H,30,33)(H,31,36)(H,32,37)(H,34,35)/t21-/m0/s1. The van der Waals surface area contributed by atoms with Crippen LogP contribution in [0.4, 0.5) is 0 Å². The predicted octanol–water partition coefficient (Wildman–Crippen LogP) is 4.39. The molecule has 4 N–H and O–H groups in total. The summed E-state index contributed by atoms with van der Waals surface area (Å²) < 4.78 is 6.07. The minimum absolute atomic E-state index is 0.00777. The molecule has 0 radical (unpaired) electrons. The number of hydrogen-bond donors (Lipinski definition) is 4. The first-order chi connectivity index (χ1) is 17.6. The number of ether oxygens (including phenoxy) is 1. The van der Waals surface area contributed by atoms with Crippen molar-refractivity contribution in [3.8, 4) is 0 Å². The highest BCUT2D eigenvalue weighted by Crippen LogP contribution is 2.25. The molecule has 0 aromatic carbocycles. The number of thioether (sulfide) groups is 1. The molecule has 1 atom stereocenters. The Morgan fingerprint density at radius 1 is 0.795 bits per heavy atom. The van der Waals surface area contributed by atoms with Crippen molar-refractivity contribution in [1.82, 2.24) is 16.0 Å². The van der Waals surface area contributed by atoms with Gasteiger partial charge in [-0.1, -0.05) is 55.4 Å². The molecule has 0 unspecified atom stereocenters. The molecule has 3 amide bonds. The summed E-state index contributed by atoms with van der Waals surface area (Å²) in [5, 5.41) is 17.3. The van der Waals surface area contributed by atoms with Gasteiger partial charge in [0.1, 0.15) is 6.04 Å². The maximum Gasteiger partial charge on any atom is 0.305 e. The molecule has 0 aromatic heterocycles. The second-order valence-corrected chi connectivity index (χ2v) is 15.0. The van der Waals surface area contributed by atoms with E-state index in [4.69, 9.17) is 9.84 Å². The number of hydrogen-bond acceptors (Lipinski definition) is 6. The van der Waals surface area contributed by atoms with Gasteiger partial charge in [-0.15, -0.1) is 0 Å². The molecule has 9 nitrogen and oxygen atoms in total. The molecule has 0 aliphatic heterocycles. The van der Waals surface area contributed by atoms with Crippen molar-refractivity contribution in [2.75, 3.05) is 31.2 Å². The summed E-state index contributed by atoms with van der Waals surface area (Å²) in [6.07, 6.45) is 2.24. The molecule has 0 aliphatic rings. The Balaban J connectivity index is 4.83. The molecule has 0 bridgehead atoms. The minimum atomic E-state index is -0.995. The quantitative estimate of drug-likeness (QED) is 0.191. The molecular weight excluding hydrogens is 518 g/mol. The average molecular weight is 574 g/mol. The Hall–Kier alpha value is -1.81. The maximum absolute atomic E-state index is 13.2. The van der Waals surface area contributed by atoms with E-state index in [0.717, 1.165) is 12.2 Å². The monoisotopic (exact) mass is 573 g/mol. The first-order valence-electron chi connectivity index (χ1n) is 13.9. The molecule has 0 aromatic rings. The van der Waals surface area contributed by atoms with E-state index < -0.39 is 23.0 Å². The summed E-state index contributed by atoms with van der Waals surface area (Å²) in [6, 6.07) is -0.767. The zero-order valence-corrected chi connectivity index (χ0v) is 26.9. The predicted molar refractivity (Wildman–Crippen MR) is 159 cm³/mol. The molecular formula is C29H55N3O6S. The Morgan fingerprint density at radius 3 is 1.95 bits per heavy atom. The van der Waals surface area contributed by atoms with Gasteiger partial charge in [-0.05, 0) is 49.7 Å². The van der Waals surface area contributed by atoms with Crippen LogP contribution in [0.5, 0.6) is 0 Å². The van der Waals surface area contributed by atoms with E-state index in [1.807, 2.05) is 27.7 Å². The minimum Gasteiger partial charge on any atom is -0.481 e. The zero-order valence-electron chi connectivity index (χ0n) is 26.0. The van der Waals surface area contributed by atoms with E-state index in [0.29, 0.717) is 38.2 Å². The van der Waals surface area contributed by atoms with Crippen molar-refractivity contribution in [3.63, 3.8) is 0 Å². The summed E-state index contributed by atoms with van der Waals surface area (Å²) in [7, 11) is 0. The molecule has 0 aliphatic carbocycles. The number of nitrogens with one attached hydrogen (secondary N) is 3. The highest BCUT2D eigenvalue weighted by atomic mass is 32.2. The van der Waals surface area contributed by atoms with Crippen molar-refractivity contribution in [1.29, 1.82) is 0 Å². The average Bonchev–Trinajstić information content (AvgIpc) is 2.74. The lowest BCUT2D eigenvalue weighted by atomic mass is 9.88. The van der Waals surface area contributed by atoms with E-state index >= 15 is 0 Å². The number of rotatable bonds is 18. The summed E-state index contributed by atoms with van der Waals surface area (Å²) in [5.74, 6) is -0.395. The van der Waals surface area contributed by atoms with Gasteiger partial charge >= 0.3 is 5.97 Å². The van der Waals surface area contributed by atoms with Gasteiger partial charge in [0.15, 0.2) is 0 Å². The number of aliphatic carboxylic acids is 1. The van der Waals surface area contributed by atoms with Crippen LogP contribution < -0.4 is 16.0 Å². The summed E-state index contributed by atoms with van der Waals surface area (Å²) >= 11 is 1.58. The number of carboxylic acid groups (broad SMARTS) is 1. The van der Waals surface area contributed by atoms with Crippen molar-refractivity contribution >= 4 is 35.5 Å². The van der Waals surface area contributed by atoms with Crippen molar-refractivity contribution in [2.45, 2.75) is 113 Å². The third-order valence-electron chi connectivity index (χ3n) is 6.07. The van der Waals surface area contributed by atoms with Crippen LogP contribution in [0.3, 0.4) is 0 Å². The van der Waals surface area contributed by atoms with Crippen LogP contribution in [0, 0.1) is 16.2 Å². The van der Waals surface area contributed by atoms with Crippen LogP contribution >= 0.6 is 11.8 Å². The SMILES string of the molecule is CC(C)(C)CCC(=O)NCCC(C)(C)OCCC(C)(C)C(=O)N[C@@H](CSCC(C)(C)C)C(=O)NCCC(=O)O. The fourth-order valence-corrected chi connectivity index (χ4v) is 4.48. The zero-order chi connectivity index (χ0) is 30.5. The topological polar surface area (TPSA) is 134 Å². The van der Waals surface area contributed by atoms with Gasteiger partial charge < -0.3 is 25.8 Å². The number of carbonyl (C=O) groups excluding carboxylic acids is 3. The van der Waals surface area contributed by atoms with Gasteiger partial charge in [0.05, 0.1) is 12.0 Å². The molecule has 0 saturated carbocycles. The number of amides is 3. The molecule has 0 fully saturated rings. The van der Waals surface area contributed by atoms with E-state index in [1.165, 1.54) is 0 Å². The highest BCUT2D eigenvalue weighted by Gasteiger charge is 2.32. The fourth-order valence-electron chi connectivity index (χ4n) is 3.28. The number of carbonyl (C=O) groups is 4. The van der Waals surface area contributed by atoms with Crippen LogP contribution in [0.25, 0.3) is 0 Å². The summed E-state index contributed by atoms with van der Waals surface area (Å²) in [6.45, 7) is 21.1. The van der Waals surface area contributed by atoms with E-state index in [9.17, 15) is 19.2 Å². The van der Waals surface area contributed by atoms with Crippen LogP contribution in [0.1, 0.15) is 101 Å². The Labute approximate surface area is 240 Å². The van der Waals surface area contributed by atoms with E-state index in [-0.39, 0.29) is 41.5 Å². The van der Waals surface area contributed by atoms with Crippen LogP contribution in [-0.4, -0.2) is 71.6 Å². The number of carboxylic acids is 1. The Bertz CT molecular complexity index is 800. The molecule has 0 spiro atoms. The second-order valence-electron chi connectivity index (χ2n) is 13.9. The lowest BCUT2D eigenvalue weighted by molar-refractivity contribution is -0.137. The molecule has 228 valence electrons. The first kappa shape index (κ1) is 37.2. The second kappa shape index (κ2) is 16.5. The molecule has 0 rings (SSSR count). The molecule has 10 heteroatoms. The lowest BCUT2D eigenvalue weighted by Gasteiger charge is -2.30. The van der Waals surface area contributed by atoms with Gasteiger partial charge in [-0.25, -0.2) is 0 Å². The third-order valence-corrected chi connectivity index (χ3v) is 7.70. The Kier molecular flexibility index (Phi) is 15.7. The van der Waals surface area contributed by atoms with Crippen LogP contribution in [0.15, 0.2) is 0 Å². The molecule has 0 saturated heterocycles. The van der Waals surface area contributed by atoms with Crippen molar-refractivity contribution < 1.29 is 29.0 Å². The van der Waals surface area contributed by atoms with Gasteiger partial charge in [0.25, 0.3) is 0 Å². The van der Waals surface area contributed by atoms with E-state index in [2.05, 4.69) is 57.5 Å². The lowest BCUT2D eigenvalue weighted by Crippen LogP contribution is -2.52. The van der Waals surface area contributed by atoms with Crippen molar-refractivity contribution in [3.05, 3.63) is 0 Å². The van der Waals surface area contributed by atoms with Gasteiger partial charge in [-0.2, -0.15) is 11.8 Å². The summed E-state index contributed by atoms with van der Waals surface area (Å²) in [5.41, 5.74) is -1.07. The van der Waals surface area contributed by atoms with Crippen molar-refractivity contribution in [2.24, 2.45) is 16.2 Å². The smallest absolute Gasteiger partial charge is 0.305 e. The maximum atomic E-state index is 13.2. The van der Waals surface area contributed by atoms with Crippen LogP contribution in [0.2, 0.25) is 0 Å². The highest BCUT2D eigenvalue weighted by molar-refractivity contribution is 7.99. The fraction of sp³-hybridized carbons (Fsp3) is 0.862. The Morgan fingerprint density at radius 2 is 1.41 bits per heavy atom. The largest absolute Gasteiger partial charge is 0.481 e. The normalized spacial score (nSPS) is 13.5. The van der Waals surface area contributed by atoms with Gasteiger partial charge in [0.2, 0.25) is 17.7 Å². The summed E-state index contributed by atoms with van der Waals surface area (Å²) in [4.78, 5) is 48.8. The van der Waals surface area contributed by atoms with Gasteiger partial charge in [-0.3, -0.25) is 19.2 Å². The van der Waals surface area contributed by atoms with Crippen LogP contribution in [-0.2, 0) is 23.9 Å². The molecule has 39 heavy (non-hydrogen) atoms. The molecule has 0 heterocycles. The van der Waals surface area contributed by atoms with Gasteiger partial charge in [0, 0.05) is 37.3 Å². The first-order valence-corrected chi connectivity index (χ1v) is 15.1.